The topological polar surface area (TPSA) is 183 Å². The lowest BCUT2D eigenvalue weighted by atomic mass is 9.73. The Kier molecular flexibility index (Phi) is 15.9. The molecule has 0 aromatic carbocycles. The van der Waals surface area contributed by atoms with E-state index < -0.39 is 77.9 Å². The van der Waals surface area contributed by atoms with Crippen LogP contribution in [-0.4, -0.2) is 127 Å². The summed E-state index contributed by atoms with van der Waals surface area (Å²) in [4.78, 5) is 39.2. The number of hydrogen-bond acceptors (Lipinski definition) is 15. The van der Waals surface area contributed by atoms with Crippen LogP contribution in [0, 0.1) is 35.5 Å². The smallest absolute Gasteiger partial charge is 0.458 e. The number of ether oxygens (including phenoxy) is 7. The van der Waals surface area contributed by atoms with E-state index in [0.29, 0.717) is 36.4 Å². The molecule has 4 heterocycles. The number of anilines is 1. The van der Waals surface area contributed by atoms with Crippen LogP contribution in [0.3, 0.4) is 0 Å². The summed E-state index contributed by atoms with van der Waals surface area (Å²) in [5, 5.41) is 16.3. The fraction of sp³-hybridized carbons (Fsp3) is 0.714. The number of nitrogen functional groups attached to an aromatic ring is 1. The number of methoxy groups -OCH3 is 1. The van der Waals surface area contributed by atoms with Gasteiger partial charge in [-0.3, -0.25) is 4.79 Å². The van der Waals surface area contributed by atoms with Crippen molar-refractivity contribution in [2.75, 3.05) is 40.2 Å². The summed E-state index contributed by atoms with van der Waals surface area (Å²) in [6.07, 6.45) is -2.43. The first kappa shape index (κ1) is 45.9. The summed E-state index contributed by atoms with van der Waals surface area (Å²) in [5.74, 6) is 2.96. The van der Waals surface area contributed by atoms with Crippen molar-refractivity contribution in [3.05, 3.63) is 36.7 Å². The summed E-state index contributed by atoms with van der Waals surface area (Å²) in [6.45, 7) is 18.7. The molecule has 0 amide bonds. The molecule has 0 unspecified atom stereocenters. The number of aliphatic hydroxyl groups is 1. The van der Waals surface area contributed by atoms with Crippen molar-refractivity contribution >= 4 is 23.5 Å². The van der Waals surface area contributed by atoms with Crippen molar-refractivity contribution in [3.8, 4) is 11.8 Å². The molecule has 0 spiro atoms. The predicted octanol–water partition coefficient (Wildman–Crippen LogP) is 4.74. The lowest BCUT2D eigenvalue weighted by Gasteiger charge is -2.48. The standard InChI is InChI=1S/C42H64N4O11/c1-13-19-52-45-33-24(3)22-41(8,50-12)36(55-39-34(47)31(46(10)11)21-25(4)53-39)27(6)35(51-20-15-16-30-18-17-29(43)23-44-30)28(7)38(48)54-32(14-2)42(9)37(26(33)5)56-40(49)57-42/h13,17-18,23-28,31-32,34-37,39,47H,1,14,19-22,43H2,2-12H3/b45-33+/t24-,25-,26+,27+,28-,31+,32-,34-,35+,36-,37-,39+,41-,42-/m1/s1. The summed E-state index contributed by atoms with van der Waals surface area (Å²) in [7, 11) is 5.40. The Hall–Kier alpha value is -3.78. The van der Waals surface area contributed by atoms with Gasteiger partial charge in [-0.05, 0) is 79.1 Å². The summed E-state index contributed by atoms with van der Waals surface area (Å²) in [5.41, 5.74) is 4.86. The first-order valence-corrected chi connectivity index (χ1v) is 19.8. The van der Waals surface area contributed by atoms with E-state index in [2.05, 4.69) is 28.6 Å². The fourth-order valence-electron chi connectivity index (χ4n) is 8.58. The van der Waals surface area contributed by atoms with Crippen LogP contribution in [0.2, 0.25) is 0 Å². The highest BCUT2D eigenvalue weighted by molar-refractivity contribution is 5.89. The number of aromatic nitrogens is 1. The predicted molar refractivity (Wildman–Crippen MR) is 213 cm³/mol. The van der Waals surface area contributed by atoms with Crippen LogP contribution in [0.15, 0.2) is 36.1 Å². The zero-order valence-corrected chi connectivity index (χ0v) is 35.4. The largest absolute Gasteiger partial charge is 0.509 e. The van der Waals surface area contributed by atoms with Crippen LogP contribution in [0.5, 0.6) is 0 Å². The Bertz CT molecular complexity index is 1610. The van der Waals surface area contributed by atoms with Gasteiger partial charge < -0.3 is 53.7 Å². The number of likely N-dealkylation sites (N-methyl/N-ethyl adjacent to an activating group) is 1. The SMILES string of the molecule is C=CCO/N=C1\[C@H](C)C[C@@](C)(OC)[C@H](O[C@@H]2O[C@H](C)C[C@H](N(C)C)[C@H]2O)[C@@H](C)[C@H](OCC#Cc2ccc(N)cn2)[C@@H](C)C(=O)O[C@H](CC)[C@@]2(C)OC(=O)O[C@@H]2[C@H]1C. The number of esters is 1. The normalized spacial score (nSPS) is 38.5. The molecular weight excluding hydrogens is 736 g/mol. The number of nitrogens with two attached hydrogens (primary N) is 1. The molecule has 15 heteroatoms. The van der Waals surface area contributed by atoms with Gasteiger partial charge in [-0.1, -0.05) is 51.4 Å². The molecule has 0 saturated carbocycles. The quantitative estimate of drug-likeness (QED) is 0.109. The Morgan fingerprint density at radius 2 is 1.86 bits per heavy atom. The van der Waals surface area contributed by atoms with Gasteiger partial charge in [0.05, 0.1) is 47.4 Å². The molecule has 3 aliphatic rings. The van der Waals surface area contributed by atoms with Gasteiger partial charge in [-0.15, -0.1) is 0 Å². The lowest BCUT2D eigenvalue weighted by molar-refractivity contribution is -0.302. The molecule has 15 nitrogen and oxygen atoms in total. The molecule has 3 aliphatic heterocycles. The Morgan fingerprint density at radius 1 is 1.14 bits per heavy atom. The van der Waals surface area contributed by atoms with E-state index in [0.717, 1.165) is 0 Å². The third-order valence-electron chi connectivity index (χ3n) is 11.7. The van der Waals surface area contributed by atoms with E-state index in [4.69, 9.17) is 43.7 Å². The number of nitrogens with zero attached hydrogens (tertiary/aromatic N) is 3. The maximum absolute atomic E-state index is 14.4. The Labute approximate surface area is 337 Å². The molecule has 3 fully saturated rings. The van der Waals surface area contributed by atoms with Crippen molar-refractivity contribution in [1.82, 2.24) is 9.88 Å². The highest BCUT2D eigenvalue weighted by Gasteiger charge is 2.59. The summed E-state index contributed by atoms with van der Waals surface area (Å²) >= 11 is 0. The molecule has 1 aromatic rings. The first-order chi connectivity index (χ1) is 26.9. The van der Waals surface area contributed by atoms with E-state index in [1.807, 2.05) is 60.5 Å². The highest BCUT2D eigenvalue weighted by Crippen LogP contribution is 2.43. The van der Waals surface area contributed by atoms with Gasteiger partial charge in [0, 0.05) is 30.9 Å². The molecule has 1 aromatic heterocycles. The van der Waals surface area contributed by atoms with Crippen molar-refractivity contribution in [1.29, 1.82) is 0 Å². The van der Waals surface area contributed by atoms with Crippen LogP contribution >= 0.6 is 0 Å². The number of hydrogen-bond donors (Lipinski definition) is 2. The summed E-state index contributed by atoms with van der Waals surface area (Å²) < 4.78 is 44.2. The monoisotopic (exact) mass is 800 g/mol. The van der Waals surface area contributed by atoms with Crippen LogP contribution in [0.25, 0.3) is 0 Å². The minimum atomic E-state index is -1.38. The second kappa shape index (κ2) is 19.8. The van der Waals surface area contributed by atoms with Gasteiger partial charge in [0.2, 0.25) is 0 Å². The number of aliphatic hydroxyl groups excluding tert-OH is 1. The van der Waals surface area contributed by atoms with E-state index in [-0.39, 0.29) is 31.3 Å². The van der Waals surface area contributed by atoms with Crippen molar-refractivity contribution in [2.24, 2.45) is 28.8 Å². The second-order valence-electron chi connectivity index (χ2n) is 16.3. The molecule has 3 saturated heterocycles. The van der Waals surface area contributed by atoms with Crippen LogP contribution < -0.4 is 5.73 Å². The van der Waals surface area contributed by atoms with Crippen molar-refractivity contribution in [3.63, 3.8) is 0 Å². The van der Waals surface area contributed by atoms with Crippen molar-refractivity contribution in [2.45, 2.75) is 135 Å². The Balaban J connectivity index is 1.88. The molecule has 0 radical (unpaired) electrons. The average molecular weight is 801 g/mol. The maximum Gasteiger partial charge on any atom is 0.509 e. The molecule has 318 valence electrons. The average Bonchev–Trinajstić information content (AvgIpc) is 3.48. The lowest BCUT2D eigenvalue weighted by Crippen LogP contribution is -2.60. The fourth-order valence-corrected chi connectivity index (χ4v) is 8.58. The maximum atomic E-state index is 14.4. The van der Waals surface area contributed by atoms with E-state index in [1.165, 1.54) is 6.20 Å². The number of fused-ring (bicyclic) bond motifs is 1. The second-order valence-corrected chi connectivity index (χ2v) is 16.3. The van der Waals surface area contributed by atoms with Gasteiger partial charge in [-0.2, -0.15) is 0 Å². The van der Waals surface area contributed by atoms with E-state index in [9.17, 15) is 14.7 Å². The molecule has 0 bridgehead atoms. The third-order valence-corrected chi connectivity index (χ3v) is 11.7. The minimum Gasteiger partial charge on any atom is -0.458 e. The van der Waals surface area contributed by atoms with Gasteiger partial charge >= 0.3 is 12.1 Å². The van der Waals surface area contributed by atoms with Gasteiger partial charge in [0.1, 0.15) is 31.1 Å². The number of rotatable bonds is 10. The number of cyclic esters (lactones) is 1. The van der Waals surface area contributed by atoms with Crippen LogP contribution in [0.1, 0.15) is 80.3 Å². The molecule has 3 N–H and O–H groups in total. The Morgan fingerprint density at radius 3 is 2.47 bits per heavy atom. The molecule has 4 rings (SSSR count). The van der Waals surface area contributed by atoms with E-state index in [1.54, 1.807) is 39.2 Å². The number of oxime groups is 1. The van der Waals surface area contributed by atoms with Crippen molar-refractivity contribution < 1.29 is 52.7 Å². The van der Waals surface area contributed by atoms with Gasteiger partial charge in [0.15, 0.2) is 18.0 Å². The van der Waals surface area contributed by atoms with Crippen LogP contribution in [0.4, 0.5) is 10.5 Å². The summed E-state index contributed by atoms with van der Waals surface area (Å²) in [6, 6.07) is 3.16. The number of carbonyl (C=O) groups is 2. The highest BCUT2D eigenvalue weighted by atomic mass is 16.8. The van der Waals surface area contributed by atoms with Gasteiger partial charge in [-0.25, -0.2) is 9.78 Å². The molecule has 57 heavy (non-hydrogen) atoms. The molecule has 14 atom stereocenters. The molecule has 0 aliphatic carbocycles. The first-order valence-electron chi connectivity index (χ1n) is 19.8. The third kappa shape index (κ3) is 10.6. The zero-order valence-electron chi connectivity index (χ0n) is 35.4. The number of carbonyl (C=O) groups excluding carboxylic acids is 2. The number of pyridine rings is 1. The van der Waals surface area contributed by atoms with Gasteiger partial charge in [0.25, 0.3) is 0 Å². The van der Waals surface area contributed by atoms with E-state index >= 15 is 0 Å². The van der Waals surface area contributed by atoms with Crippen LogP contribution in [-0.2, 0) is 42.8 Å². The zero-order chi connectivity index (χ0) is 42.2. The molecular formula is C42H64N4O11. The minimum absolute atomic E-state index is 0.0782.